The SMILES string of the molecule is Cc1cc(OCC(=O)Nc2cccc(Cl)c2)nc(-c2ccc(F)cc2)n1. The number of carbonyl (C=O) groups excluding carboxylic acids is 1. The van der Waals surface area contributed by atoms with E-state index in [1.165, 1.54) is 12.1 Å². The standard InChI is InChI=1S/C19H15ClFN3O2/c1-12-9-18(24-19(22-12)13-5-7-15(21)8-6-13)26-11-17(25)23-16-4-2-3-14(20)10-16/h2-10H,11H2,1H3,(H,23,25). The first-order chi connectivity index (χ1) is 12.5. The van der Waals surface area contributed by atoms with Gasteiger partial charge in [0.1, 0.15) is 5.82 Å². The lowest BCUT2D eigenvalue weighted by Gasteiger charge is -2.09. The molecule has 0 spiro atoms. The summed E-state index contributed by atoms with van der Waals surface area (Å²) in [7, 11) is 0. The summed E-state index contributed by atoms with van der Waals surface area (Å²) in [6, 6.07) is 14.3. The average Bonchev–Trinajstić information content (AvgIpc) is 2.60. The van der Waals surface area contributed by atoms with Crippen LogP contribution in [-0.2, 0) is 4.79 Å². The molecule has 3 aromatic rings. The van der Waals surface area contributed by atoms with Crippen molar-refractivity contribution in [2.75, 3.05) is 11.9 Å². The number of aromatic nitrogens is 2. The van der Waals surface area contributed by atoms with Crippen molar-refractivity contribution in [1.82, 2.24) is 9.97 Å². The maximum atomic E-state index is 13.1. The molecular formula is C19H15ClFN3O2. The number of benzene rings is 2. The summed E-state index contributed by atoms with van der Waals surface area (Å²) < 4.78 is 18.5. The molecule has 0 unspecified atom stereocenters. The maximum Gasteiger partial charge on any atom is 0.262 e. The Bertz CT molecular complexity index is 932. The second-order valence-corrected chi connectivity index (χ2v) is 5.96. The zero-order valence-corrected chi connectivity index (χ0v) is 14.6. The highest BCUT2D eigenvalue weighted by molar-refractivity contribution is 6.30. The van der Waals surface area contributed by atoms with E-state index >= 15 is 0 Å². The number of nitrogens with one attached hydrogen (secondary N) is 1. The van der Waals surface area contributed by atoms with Crippen molar-refractivity contribution < 1.29 is 13.9 Å². The van der Waals surface area contributed by atoms with E-state index in [9.17, 15) is 9.18 Å². The van der Waals surface area contributed by atoms with E-state index in [0.717, 1.165) is 0 Å². The summed E-state index contributed by atoms with van der Waals surface area (Å²) >= 11 is 5.88. The normalized spacial score (nSPS) is 10.4. The highest BCUT2D eigenvalue weighted by Crippen LogP contribution is 2.19. The Balaban J connectivity index is 1.68. The van der Waals surface area contributed by atoms with E-state index in [0.29, 0.717) is 27.8 Å². The number of anilines is 1. The topological polar surface area (TPSA) is 64.1 Å². The van der Waals surface area contributed by atoms with Crippen molar-refractivity contribution >= 4 is 23.2 Å². The van der Waals surface area contributed by atoms with E-state index in [1.807, 2.05) is 0 Å². The summed E-state index contributed by atoms with van der Waals surface area (Å²) in [5.41, 5.74) is 1.91. The molecule has 2 aromatic carbocycles. The Morgan fingerprint density at radius 2 is 1.92 bits per heavy atom. The fraction of sp³-hybridized carbons (Fsp3) is 0.105. The molecule has 0 bridgehead atoms. The number of carbonyl (C=O) groups is 1. The van der Waals surface area contributed by atoms with Gasteiger partial charge in [-0.1, -0.05) is 17.7 Å². The maximum absolute atomic E-state index is 13.1. The third-order valence-electron chi connectivity index (χ3n) is 3.39. The van der Waals surface area contributed by atoms with Crippen LogP contribution in [0.4, 0.5) is 10.1 Å². The lowest BCUT2D eigenvalue weighted by molar-refractivity contribution is -0.118. The Labute approximate surface area is 154 Å². The first kappa shape index (κ1) is 17.8. The van der Waals surface area contributed by atoms with Gasteiger partial charge in [0.15, 0.2) is 12.4 Å². The monoisotopic (exact) mass is 371 g/mol. The average molecular weight is 372 g/mol. The van der Waals surface area contributed by atoms with Crippen LogP contribution in [0.15, 0.2) is 54.6 Å². The number of hydrogen-bond acceptors (Lipinski definition) is 4. The Morgan fingerprint density at radius 1 is 1.15 bits per heavy atom. The summed E-state index contributed by atoms with van der Waals surface area (Å²) in [6.45, 7) is 1.57. The molecule has 0 atom stereocenters. The molecule has 1 N–H and O–H groups in total. The predicted octanol–water partition coefficient (Wildman–Crippen LogP) is 4.26. The van der Waals surface area contributed by atoms with Crippen molar-refractivity contribution in [2.45, 2.75) is 6.92 Å². The molecule has 26 heavy (non-hydrogen) atoms. The van der Waals surface area contributed by atoms with E-state index < -0.39 is 0 Å². The van der Waals surface area contributed by atoms with E-state index in [4.69, 9.17) is 16.3 Å². The van der Waals surface area contributed by atoms with Gasteiger partial charge in [-0.3, -0.25) is 4.79 Å². The van der Waals surface area contributed by atoms with Crippen molar-refractivity contribution in [1.29, 1.82) is 0 Å². The second-order valence-electron chi connectivity index (χ2n) is 5.53. The highest BCUT2D eigenvalue weighted by atomic mass is 35.5. The van der Waals surface area contributed by atoms with Crippen molar-refractivity contribution in [3.05, 3.63) is 71.1 Å². The van der Waals surface area contributed by atoms with Crippen LogP contribution in [0, 0.1) is 12.7 Å². The Kier molecular flexibility index (Phi) is 5.43. The number of aryl methyl sites for hydroxylation is 1. The van der Waals surface area contributed by atoms with Crippen molar-refractivity contribution in [3.8, 4) is 17.3 Å². The van der Waals surface area contributed by atoms with Gasteiger partial charge < -0.3 is 10.1 Å². The van der Waals surface area contributed by atoms with Crippen LogP contribution in [-0.4, -0.2) is 22.5 Å². The first-order valence-corrected chi connectivity index (χ1v) is 8.17. The highest BCUT2D eigenvalue weighted by Gasteiger charge is 2.09. The minimum atomic E-state index is -0.341. The van der Waals surface area contributed by atoms with Crippen molar-refractivity contribution in [2.24, 2.45) is 0 Å². The minimum absolute atomic E-state index is 0.216. The van der Waals surface area contributed by atoms with Crippen LogP contribution < -0.4 is 10.1 Å². The van der Waals surface area contributed by atoms with Crippen LogP contribution in [0.5, 0.6) is 5.88 Å². The molecule has 0 saturated heterocycles. The third-order valence-corrected chi connectivity index (χ3v) is 3.63. The molecule has 0 fully saturated rings. The molecule has 1 heterocycles. The number of hydrogen-bond donors (Lipinski definition) is 1. The predicted molar refractivity (Wildman–Crippen MR) is 97.7 cm³/mol. The van der Waals surface area contributed by atoms with Gasteiger partial charge in [0.05, 0.1) is 0 Å². The Hall–Kier alpha value is -2.99. The molecule has 0 aliphatic heterocycles. The van der Waals surface area contributed by atoms with Crippen molar-refractivity contribution in [3.63, 3.8) is 0 Å². The van der Waals surface area contributed by atoms with E-state index in [2.05, 4.69) is 15.3 Å². The van der Waals surface area contributed by atoms with Crippen LogP contribution in [0.25, 0.3) is 11.4 Å². The van der Waals surface area contributed by atoms with Gasteiger partial charge in [-0.2, -0.15) is 4.98 Å². The quantitative estimate of drug-likeness (QED) is 0.727. The number of rotatable bonds is 5. The van der Waals surface area contributed by atoms with Gasteiger partial charge in [-0.05, 0) is 49.4 Å². The molecule has 5 nitrogen and oxygen atoms in total. The fourth-order valence-electron chi connectivity index (χ4n) is 2.24. The second kappa shape index (κ2) is 7.93. The van der Waals surface area contributed by atoms with E-state index in [1.54, 1.807) is 49.4 Å². The van der Waals surface area contributed by atoms with Gasteiger partial charge in [0, 0.05) is 28.0 Å². The molecular weight excluding hydrogens is 357 g/mol. The largest absolute Gasteiger partial charge is 0.467 e. The molecule has 0 saturated carbocycles. The van der Waals surface area contributed by atoms with Crippen LogP contribution in [0.3, 0.4) is 0 Å². The molecule has 0 radical (unpaired) electrons. The van der Waals surface area contributed by atoms with Gasteiger partial charge in [0.25, 0.3) is 5.91 Å². The zero-order chi connectivity index (χ0) is 18.5. The summed E-state index contributed by atoms with van der Waals surface area (Å²) in [6.07, 6.45) is 0. The first-order valence-electron chi connectivity index (χ1n) is 7.79. The Morgan fingerprint density at radius 3 is 2.65 bits per heavy atom. The fourth-order valence-corrected chi connectivity index (χ4v) is 2.43. The molecule has 1 amide bonds. The van der Waals surface area contributed by atoms with Gasteiger partial charge in [-0.25, -0.2) is 9.37 Å². The smallest absolute Gasteiger partial charge is 0.262 e. The molecule has 7 heteroatoms. The van der Waals surface area contributed by atoms with Gasteiger partial charge >= 0.3 is 0 Å². The minimum Gasteiger partial charge on any atom is -0.467 e. The molecule has 132 valence electrons. The molecule has 3 rings (SSSR count). The van der Waals surface area contributed by atoms with Gasteiger partial charge in [-0.15, -0.1) is 0 Å². The number of nitrogens with zero attached hydrogens (tertiary/aromatic N) is 2. The van der Waals surface area contributed by atoms with Gasteiger partial charge in [0.2, 0.25) is 5.88 Å². The third kappa shape index (κ3) is 4.77. The lowest BCUT2D eigenvalue weighted by atomic mass is 10.2. The van der Waals surface area contributed by atoms with Crippen LogP contribution in [0.1, 0.15) is 5.69 Å². The zero-order valence-electron chi connectivity index (χ0n) is 13.9. The molecule has 1 aromatic heterocycles. The summed E-state index contributed by atoms with van der Waals surface area (Å²) in [5.74, 6) is -0.0178. The summed E-state index contributed by atoms with van der Waals surface area (Å²) in [4.78, 5) is 20.6. The molecule has 0 aliphatic carbocycles. The van der Waals surface area contributed by atoms with E-state index in [-0.39, 0.29) is 24.2 Å². The molecule has 0 aliphatic rings. The lowest BCUT2D eigenvalue weighted by Crippen LogP contribution is -2.20. The van der Waals surface area contributed by atoms with Crippen LogP contribution in [0.2, 0.25) is 5.02 Å². The van der Waals surface area contributed by atoms with Crippen LogP contribution >= 0.6 is 11.6 Å². The summed E-state index contributed by atoms with van der Waals surface area (Å²) in [5, 5.41) is 3.21. The number of halogens is 2. The number of ether oxygens (including phenoxy) is 1. The number of amides is 1.